The van der Waals surface area contributed by atoms with E-state index >= 15 is 0 Å². The topological polar surface area (TPSA) is 32.8 Å². The third-order valence-electron chi connectivity index (χ3n) is 15.8. The Morgan fingerprint density at radius 3 is 1.15 bits per heavy atom. The maximum Gasteiger partial charge on any atom is 0.159 e. The van der Waals surface area contributed by atoms with Crippen LogP contribution in [0.4, 0.5) is 34.1 Å². The minimum atomic E-state index is 0.627. The Hall–Kier alpha value is -7.56. The van der Waals surface area contributed by atoms with Crippen LogP contribution in [0.3, 0.4) is 0 Å². The Labute approximate surface area is 396 Å². The van der Waals surface area contributed by atoms with E-state index in [0.717, 1.165) is 78.0 Å². The van der Waals surface area contributed by atoms with Gasteiger partial charge in [-0.2, -0.15) is 0 Å². The summed E-state index contributed by atoms with van der Waals surface area (Å²) in [5.41, 5.74) is 13.0. The van der Waals surface area contributed by atoms with Crippen molar-refractivity contribution < 1.29 is 8.83 Å². The summed E-state index contributed by atoms with van der Waals surface area (Å²) in [4.78, 5) is 4.90. The second-order valence-corrected chi connectivity index (χ2v) is 19.6. The van der Waals surface area contributed by atoms with Crippen LogP contribution in [0.25, 0.3) is 76.2 Å². The van der Waals surface area contributed by atoms with E-state index in [4.69, 9.17) is 8.83 Å². The lowest BCUT2D eigenvalue weighted by atomic mass is 9.84. The van der Waals surface area contributed by atoms with Gasteiger partial charge >= 0.3 is 0 Å². The van der Waals surface area contributed by atoms with Gasteiger partial charge in [0.25, 0.3) is 0 Å². The fourth-order valence-electron chi connectivity index (χ4n) is 12.5. The summed E-state index contributed by atoms with van der Waals surface area (Å²) in [6.07, 6.45) is 13.1. The highest BCUT2D eigenvalue weighted by molar-refractivity contribution is 6.28. The van der Waals surface area contributed by atoms with Crippen molar-refractivity contribution in [1.29, 1.82) is 0 Å². The van der Waals surface area contributed by atoms with Crippen LogP contribution < -0.4 is 9.80 Å². The molecule has 330 valence electrons. The number of benzene rings is 10. The van der Waals surface area contributed by atoms with E-state index in [1.54, 1.807) is 0 Å². The summed E-state index contributed by atoms with van der Waals surface area (Å²) in [6, 6.07) is 67.6. The molecule has 10 aromatic carbocycles. The van der Waals surface area contributed by atoms with Gasteiger partial charge in [0.05, 0.1) is 22.7 Å². The minimum Gasteiger partial charge on any atom is -0.454 e. The van der Waals surface area contributed by atoms with Gasteiger partial charge in [-0.05, 0) is 131 Å². The van der Waals surface area contributed by atoms with E-state index in [0.29, 0.717) is 11.8 Å². The lowest BCUT2D eigenvalue weighted by Gasteiger charge is -2.30. The first-order chi connectivity index (χ1) is 33.7. The molecule has 2 aliphatic carbocycles. The van der Waals surface area contributed by atoms with Crippen LogP contribution in [-0.2, 0) is 0 Å². The molecule has 2 heterocycles. The molecule has 2 aliphatic rings. The smallest absolute Gasteiger partial charge is 0.159 e. The Balaban J connectivity index is 0.987. The molecular formula is C64H52N2O2. The van der Waals surface area contributed by atoms with E-state index in [-0.39, 0.29) is 0 Å². The molecule has 2 saturated carbocycles. The number of hydrogen-bond acceptors (Lipinski definition) is 4. The Morgan fingerprint density at radius 2 is 0.706 bits per heavy atom. The van der Waals surface area contributed by atoms with Crippen LogP contribution in [-0.4, -0.2) is 0 Å². The maximum atomic E-state index is 6.81. The monoisotopic (exact) mass is 880 g/mol. The van der Waals surface area contributed by atoms with Gasteiger partial charge in [-0.25, -0.2) is 0 Å². The van der Waals surface area contributed by atoms with Crippen LogP contribution in [0.15, 0.2) is 191 Å². The SMILES string of the molecule is c1ccc2c(c1)oc1c(N(c3ccc(C4CCCCC4)cc3)c3ccc4ccc5c(N(c6ccc(C7CCCCC7)cc6)c6cccc7c6oc6ccccc67)ccc6ccc3c4c65)cccc12. The Morgan fingerprint density at radius 1 is 0.309 bits per heavy atom. The van der Waals surface area contributed by atoms with Crippen LogP contribution in [0.5, 0.6) is 0 Å². The number of rotatable bonds is 8. The number of para-hydroxylation sites is 4. The molecule has 0 amide bonds. The van der Waals surface area contributed by atoms with Crippen molar-refractivity contribution in [2.75, 3.05) is 9.80 Å². The highest BCUT2D eigenvalue weighted by Crippen LogP contribution is 2.51. The van der Waals surface area contributed by atoms with E-state index in [2.05, 4.69) is 192 Å². The van der Waals surface area contributed by atoms with E-state index in [9.17, 15) is 0 Å². The van der Waals surface area contributed by atoms with Crippen molar-refractivity contribution in [2.24, 2.45) is 0 Å². The first-order valence-corrected chi connectivity index (χ1v) is 25.0. The second-order valence-electron chi connectivity index (χ2n) is 19.6. The molecule has 0 unspecified atom stereocenters. The van der Waals surface area contributed by atoms with Crippen molar-refractivity contribution in [3.05, 3.63) is 193 Å². The molecule has 68 heavy (non-hydrogen) atoms. The molecule has 0 spiro atoms. The molecular weight excluding hydrogens is 829 g/mol. The molecule has 0 N–H and O–H groups in total. The van der Waals surface area contributed by atoms with Gasteiger partial charge in [0, 0.05) is 43.7 Å². The molecule has 2 fully saturated rings. The lowest BCUT2D eigenvalue weighted by Crippen LogP contribution is -2.12. The van der Waals surface area contributed by atoms with Gasteiger partial charge in [-0.15, -0.1) is 0 Å². The summed E-state index contributed by atoms with van der Waals surface area (Å²) in [7, 11) is 0. The third kappa shape index (κ3) is 6.34. The van der Waals surface area contributed by atoms with Crippen molar-refractivity contribution >= 4 is 110 Å². The minimum absolute atomic E-state index is 0.627. The van der Waals surface area contributed by atoms with Gasteiger partial charge in [0.2, 0.25) is 0 Å². The van der Waals surface area contributed by atoms with Crippen molar-refractivity contribution in [3.63, 3.8) is 0 Å². The summed E-state index contributed by atoms with van der Waals surface area (Å²) < 4.78 is 13.6. The highest BCUT2D eigenvalue weighted by Gasteiger charge is 2.27. The maximum absolute atomic E-state index is 6.81. The largest absolute Gasteiger partial charge is 0.454 e. The fraction of sp³-hybridized carbons (Fsp3) is 0.188. The Bertz CT molecular complexity index is 3580. The van der Waals surface area contributed by atoms with Gasteiger partial charge in [-0.3, -0.25) is 0 Å². The van der Waals surface area contributed by atoms with Crippen LogP contribution >= 0.6 is 0 Å². The number of hydrogen-bond donors (Lipinski definition) is 0. The normalized spacial score (nSPS) is 15.2. The zero-order valence-electron chi connectivity index (χ0n) is 38.3. The lowest BCUT2D eigenvalue weighted by molar-refractivity contribution is 0.443. The molecule has 0 atom stereocenters. The van der Waals surface area contributed by atoms with Crippen LogP contribution in [0.1, 0.15) is 87.2 Å². The predicted octanol–water partition coefficient (Wildman–Crippen LogP) is 19.4. The zero-order chi connectivity index (χ0) is 44.7. The molecule has 12 aromatic rings. The van der Waals surface area contributed by atoms with E-state index < -0.39 is 0 Å². The molecule has 0 bridgehead atoms. The van der Waals surface area contributed by atoms with Crippen LogP contribution in [0, 0.1) is 0 Å². The van der Waals surface area contributed by atoms with E-state index in [1.807, 2.05) is 0 Å². The van der Waals surface area contributed by atoms with Crippen molar-refractivity contribution in [3.8, 4) is 0 Å². The second kappa shape index (κ2) is 16.1. The van der Waals surface area contributed by atoms with Gasteiger partial charge in [0.15, 0.2) is 11.2 Å². The molecule has 0 saturated heterocycles. The highest BCUT2D eigenvalue weighted by atomic mass is 16.3. The average molecular weight is 881 g/mol. The van der Waals surface area contributed by atoms with E-state index in [1.165, 1.54) is 108 Å². The molecule has 2 aromatic heterocycles. The number of nitrogens with zero attached hydrogens (tertiary/aromatic N) is 2. The zero-order valence-corrected chi connectivity index (χ0v) is 38.3. The molecule has 14 rings (SSSR count). The number of anilines is 6. The average Bonchev–Trinajstić information content (AvgIpc) is 3.99. The summed E-state index contributed by atoms with van der Waals surface area (Å²) in [6.45, 7) is 0. The van der Waals surface area contributed by atoms with Crippen molar-refractivity contribution in [1.82, 2.24) is 0 Å². The van der Waals surface area contributed by atoms with Gasteiger partial charge < -0.3 is 18.6 Å². The molecule has 4 nitrogen and oxygen atoms in total. The first kappa shape index (κ1) is 39.6. The summed E-state index contributed by atoms with van der Waals surface area (Å²) in [5, 5.41) is 11.9. The fourth-order valence-corrected chi connectivity index (χ4v) is 12.5. The number of fused-ring (bicyclic) bond motifs is 6. The Kier molecular flexibility index (Phi) is 9.35. The van der Waals surface area contributed by atoms with Gasteiger partial charge in [0.1, 0.15) is 11.2 Å². The molecule has 4 heteroatoms. The predicted molar refractivity (Wildman–Crippen MR) is 286 cm³/mol. The molecule has 0 aliphatic heterocycles. The number of furan rings is 2. The van der Waals surface area contributed by atoms with Gasteiger partial charge in [-0.1, -0.05) is 160 Å². The summed E-state index contributed by atoms with van der Waals surface area (Å²) >= 11 is 0. The summed E-state index contributed by atoms with van der Waals surface area (Å²) in [5.74, 6) is 1.25. The first-order valence-electron chi connectivity index (χ1n) is 25.0. The third-order valence-corrected chi connectivity index (χ3v) is 15.8. The van der Waals surface area contributed by atoms with Crippen molar-refractivity contribution in [2.45, 2.75) is 76.0 Å². The standard InChI is InChI=1S/C64H52N2O2/c1-3-13-41(14-4-1)43-25-33-47(34-26-43)65(57-21-11-19-51-49-17-7-9-23-59(49)67-63(51)57)55-39-31-45-30-38-54-56(40-32-46-29-37-53(55)61(45)62(46)54)66(48-35-27-44(28-36-48)42-15-5-2-6-16-42)58-22-12-20-52-50-18-8-10-24-60(50)68-64(52)58/h7-12,17-42H,1-6,13-16H2. The quantitative estimate of drug-likeness (QED) is 0.142. The van der Waals surface area contributed by atoms with Crippen LogP contribution in [0.2, 0.25) is 0 Å². The molecule has 0 radical (unpaired) electrons.